The van der Waals surface area contributed by atoms with E-state index in [0.717, 1.165) is 24.8 Å². The predicted molar refractivity (Wildman–Crippen MR) is 177 cm³/mol. The standard InChI is InChI=1S/C32H41ClF3N7O4S/c1-29(2,3)47-28(45)43-20(11-13-30(43,4)5)19-37-22-7-6-8-25(38-22)48-41-27(44)21-9-10-23(39-26(21)33)42-17-12-24(40-42)46-18-16-31(14-15-31)32(34,35)36/h6-10,12,17,20,24,40H,11,13-16,18-19H2,1-5H3,(H,37,38)(H,41,44). The molecule has 1 saturated carbocycles. The summed E-state index contributed by atoms with van der Waals surface area (Å²) in [5, 5.41) is 5.33. The molecule has 2 unspecified atom stereocenters. The first-order valence-electron chi connectivity index (χ1n) is 15.8. The van der Waals surface area contributed by atoms with Crippen LogP contribution in [0.5, 0.6) is 0 Å². The number of alkyl halides is 3. The van der Waals surface area contributed by atoms with Crippen molar-refractivity contribution in [2.75, 3.05) is 23.5 Å². The van der Waals surface area contributed by atoms with E-state index in [0.29, 0.717) is 23.2 Å². The first kappa shape index (κ1) is 36.0. The van der Waals surface area contributed by atoms with Crippen molar-refractivity contribution in [1.82, 2.24) is 25.0 Å². The predicted octanol–water partition coefficient (Wildman–Crippen LogP) is 7.07. The van der Waals surface area contributed by atoms with Gasteiger partial charge < -0.3 is 14.8 Å². The van der Waals surface area contributed by atoms with E-state index < -0.39 is 29.3 Å². The highest BCUT2D eigenvalue weighted by atomic mass is 35.5. The Morgan fingerprint density at radius 2 is 1.88 bits per heavy atom. The highest BCUT2D eigenvalue weighted by Gasteiger charge is 2.62. The van der Waals surface area contributed by atoms with Gasteiger partial charge in [0.05, 0.1) is 17.0 Å². The number of ether oxygens (including phenoxy) is 2. The Morgan fingerprint density at radius 3 is 2.54 bits per heavy atom. The Labute approximate surface area is 287 Å². The van der Waals surface area contributed by atoms with E-state index in [2.05, 4.69) is 25.4 Å². The first-order chi connectivity index (χ1) is 22.5. The summed E-state index contributed by atoms with van der Waals surface area (Å²) in [6, 6.07) is 8.41. The molecule has 1 saturated heterocycles. The maximum atomic E-state index is 13.2. The van der Waals surface area contributed by atoms with Gasteiger partial charge in [-0.15, -0.1) is 0 Å². The number of hydrogen-bond acceptors (Lipinski definition) is 10. The summed E-state index contributed by atoms with van der Waals surface area (Å²) in [7, 11) is 0. The molecular formula is C32H41ClF3N7O4S. The molecule has 48 heavy (non-hydrogen) atoms. The SMILES string of the molecule is CC(C)(C)OC(=O)N1C(CNc2cccc(SNC(=O)c3ccc(N4C=CC(OCCC5(C(F)(F)F)CC5)N4)nc3Cl)n2)CCC1(C)C. The van der Waals surface area contributed by atoms with E-state index in [-0.39, 0.29) is 54.3 Å². The van der Waals surface area contributed by atoms with Crippen LogP contribution in [0, 0.1) is 5.41 Å². The van der Waals surface area contributed by atoms with E-state index in [1.807, 2.05) is 46.8 Å². The first-order valence-corrected chi connectivity index (χ1v) is 16.9. The molecule has 11 nitrogen and oxygen atoms in total. The number of nitrogens with one attached hydrogen (secondary N) is 3. The summed E-state index contributed by atoms with van der Waals surface area (Å²) in [6.45, 7) is 10.1. The minimum Gasteiger partial charge on any atom is -0.444 e. The zero-order valence-electron chi connectivity index (χ0n) is 27.5. The van der Waals surface area contributed by atoms with Crippen LogP contribution >= 0.6 is 23.5 Å². The van der Waals surface area contributed by atoms with Crippen molar-refractivity contribution >= 4 is 47.2 Å². The number of halogens is 4. The summed E-state index contributed by atoms with van der Waals surface area (Å²) in [5.74, 6) is 0.486. The van der Waals surface area contributed by atoms with Crippen molar-refractivity contribution in [1.29, 1.82) is 0 Å². The largest absolute Gasteiger partial charge is 0.444 e. The molecule has 2 fully saturated rings. The summed E-state index contributed by atoms with van der Waals surface area (Å²) < 4.78 is 53.5. The third-order valence-electron chi connectivity index (χ3n) is 8.52. The lowest BCUT2D eigenvalue weighted by atomic mass is 10.0. The van der Waals surface area contributed by atoms with Crippen LogP contribution in [0.3, 0.4) is 0 Å². The van der Waals surface area contributed by atoms with Crippen molar-refractivity contribution in [3.8, 4) is 0 Å². The topological polar surface area (TPSA) is 121 Å². The minimum absolute atomic E-state index is 0.0385. The number of anilines is 2. The molecule has 0 spiro atoms. The maximum absolute atomic E-state index is 13.2. The fourth-order valence-corrected chi connectivity index (χ4v) is 6.50. The summed E-state index contributed by atoms with van der Waals surface area (Å²) in [4.78, 5) is 36.6. The Kier molecular flexibility index (Phi) is 10.4. The summed E-state index contributed by atoms with van der Waals surface area (Å²) in [5.41, 5.74) is 0.580. The number of amides is 2. The highest BCUT2D eigenvalue weighted by Crippen LogP contribution is 2.59. The van der Waals surface area contributed by atoms with Crippen LogP contribution in [0.1, 0.15) is 77.1 Å². The number of hydrogen-bond donors (Lipinski definition) is 3. The molecular weight excluding hydrogens is 671 g/mol. The number of carbonyl (C=O) groups excluding carboxylic acids is 2. The van der Waals surface area contributed by atoms with Gasteiger partial charge in [0.15, 0.2) is 0 Å². The monoisotopic (exact) mass is 711 g/mol. The highest BCUT2D eigenvalue weighted by molar-refractivity contribution is 7.97. The van der Waals surface area contributed by atoms with Gasteiger partial charge in [-0.05, 0) is 97.1 Å². The lowest BCUT2D eigenvalue weighted by molar-refractivity contribution is -0.192. The van der Waals surface area contributed by atoms with Crippen LogP contribution in [0.15, 0.2) is 47.6 Å². The number of likely N-dealkylation sites (tertiary alicyclic amines) is 1. The van der Waals surface area contributed by atoms with E-state index in [1.165, 1.54) is 11.1 Å². The van der Waals surface area contributed by atoms with E-state index in [1.54, 1.807) is 29.3 Å². The molecule has 262 valence electrons. The van der Waals surface area contributed by atoms with Gasteiger partial charge in [0, 0.05) is 36.8 Å². The van der Waals surface area contributed by atoms with Crippen LogP contribution in [0.25, 0.3) is 0 Å². The van der Waals surface area contributed by atoms with Crippen molar-refractivity contribution in [3.05, 3.63) is 53.3 Å². The van der Waals surface area contributed by atoms with Crippen molar-refractivity contribution in [2.45, 2.75) is 101 Å². The third-order valence-corrected chi connectivity index (χ3v) is 9.53. The normalized spacial score (nSPS) is 21.4. The van der Waals surface area contributed by atoms with E-state index in [4.69, 9.17) is 21.1 Å². The second-order valence-corrected chi connectivity index (χ2v) is 15.0. The van der Waals surface area contributed by atoms with Gasteiger partial charge in [-0.25, -0.2) is 14.8 Å². The Morgan fingerprint density at radius 1 is 1.12 bits per heavy atom. The number of rotatable bonds is 11. The number of hydrazine groups is 1. The van der Waals surface area contributed by atoms with Crippen LogP contribution in [0.2, 0.25) is 5.15 Å². The summed E-state index contributed by atoms with van der Waals surface area (Å²) >= 11 is 7.38. The van der Waals surface area contributed by atoms with E-state index >= 15 is 0 Å². The van der Waals surface area contributed by atoms with Gasteiger partial charge in [0.25, 0.3) is 5.91 Å². The van der Waals surface area contributed by atoms with Crippen LogP contribution in [0.4, 0.5) is 29.6 Å². The van der Waals surface area contributed by atoms with Crippen molar-refractivity contribution < 1.29 is 32.2 Å². The number of aromatic nitrogens is 2. The quantitative estimate of drug-likeness (QED) is 0.165. The lowest BCUT2D eigenvalue weighted by Gasteiger charge is -2.37. The summed E-state index contributed by atoms with van der Waals surface area (Å²) in [6.07, 6.45) is -0.0360. The van der Waals surface area contributed by atoms with Crippen LogP contribution < -0.4 is 20.5 Å². The number of nitrogens with zero attached hydrogens (tertiary/aromatic N) is 4. The van der Waals surface area contributed by atoms with Crippen LogP contribution in [-0.4, -0.2) is 69.6 Å². The molecule has 1 aliphatic carbocycles. The minimum atomic E-state index is -4.21. The Bertz CT molecular complexity index is 1530. The van der Waals surface area contributed by atoms with Crippen molar-refractivity contribution in [3.63, 3.8) is 0 Å². The molecule has 4 heterocycles. The van der Waals surface area contributed by atoms with Gasteiger partial charge in [0.1, 0.15) is 33.6 Å². The van der Waals surface area contributed by atoms with Gasteiger partial charge >= 0.3 is 12.3 Å². The molecule has 2 atom stereocenters. The average molecular weight is 712 g/mol. The van der Waals surface area contributed by atoms with Gasteiger partial charge in [0.2, 0.25) is 0 Å². The maximum Gasteiger partial charge on any atom is 0.411 e. The van der Waals surface area contributed by atoms with Gasteiger partial charge in [-0.3, -0.25) is 19.4 Å². The van der Waals surface area contributed by atoms with Crippen LogP contribution in [-0.2, 0) is 9.47 Å². The van der Waals surface area contributed by atoms with Gasteiger partial charge in [-0.2, -0.15) is 18.6 Å². The Hall–Kier alpha value is -3.27. The molecule has 3 aliphatic rings. The molecule has 0 bridgehead atoms. The fraction of sp³-hybridized carbons (Fsp3) is 0.562. The fourth-order valence-electron chi connectivity index (χ4n) is 5.67. The second-order valence-electron chi connectivity index (χ2n) is 13.8. The van der Waals surface area contributed by atoms with Crippen molar-refractivity contribution in [2.24, 2.45) is 5.41 Å². The number of pyridine rings is 2. The molecule has 2 aliphatic heterocycles. The molecule has 5 rings (SSSR count). The average Bonchev–Trinajstić information content (AvgIpc) is 3.54. The third kappa shape index (κ3) is 8.65. The lowest BCUT2D eigenvalue weighted by Crippen LogP contribution is -2.51. The molecule has 2 amide bonds. The Balaban J connectivity index is 1.10. The molecule has 2 aromatic heterocycles. The number of carbonyl (C=O) groups is 2. The molecule has 0 aromatic carbocycles. The van der Waals surface area contributed by atoms with E-state index in [9.17, 15) is 22.8 Å². The van der Waals surface area contributed by atoms with Gasteiger partial charge in [-0.1, -0.05) is 17.7 Å². The molecule has 16 heteroatoms. The smallest absolute Gasteiger partial charge is 0.411 e. The molecule has 3 N–H and O–H groups in total. The zero-order valence-corrected chi connectivity index (χ0v) is 29.1. The molecule has 2 aromatic rings. The molecule has 0 radical (unpaired) electrons. The zero-order chi connectivity index (χ0) is 34.9. The second kappa shape index (κ2) is 13.9.